The molecule has 3 heteroatoms. The summed E-state index contributed by atoms with van der Waals surface area (Å²) in [4.78, 5) is 10.7. The number of aliphatic hydroxyl groups excluding tert-OH is 1. The van der Waals surface area contributed by atoms with Crippen molar-refractivity contribution in [1.29, 1.82) is 0 Å². The molecule has 0 fully saturated rings. The Kier molecular flexibility index (Phi) is 5.16. The van der Waals surface area contributed by atoms with Crippen LogP contribution in [0.25, 0.3) is 0 Å². The maximum Gasteiger partial charge on any atom is 0.158 e. The van der Waals surface area contributed by atoms with Gasteiger partial charge in [0.2, 0.25) is 0 Å². The van der Waals surface area contributed by atoms with Crippen molar-refractivity contribution in [2.24, 2.45) is 0 Å². The molecule has 0 heterocycles. The number of hydrogen-bond donors (Lipinski definition) is 1. The highest BCUT2D eigenvalue weighted by atomic mass is 16.5. The van der Waals surface area contributed by atoms with Gasteiger partial charge in [-0.05, 0) is 19.8 Å². The van der Waals surface area contributed by atoms with Gasteiger partial charge in [0, 0.05) is 13.7 Å². The first kappa shape index (κ1) is 9.59. The van der Waals surface area contributed by atoms with Crippen molar-refractivity contribution in [1.82, 2.24) is 0 Å². The number of methoxy groups -OCH3 is 1. The number of carbonyl (C=O) groups is 1. The van der Waals surface area contributed by atoms with Crippen molar-refractivity contribution in [2.75, 3.05) is 13.7 Å². The lowest BCUT2D eigenvalue weighted by molar-refractivity contribution is -0.127. The predicted molar refractivity (Wildman–Crippen MR) is 37.8 cm³/mol. The second-order valence-electron chi connectivity index (χ2n) is 2.20. The molecule has 10 heavy (non-hydrogen) atoms. The van der Waals surface area contributed by atoms with Gasteiger partial charge in [-0.2, -0.15) is 0 Å². The van der Waals surface area contributed by atoms with Gasteiger partial charge in [0.25, 0.3) is 0 Å². The van der Waals surface area contributed by atoms with E-state index in [9.17, 15) is 4.79 Å². The maximum absolute atomic E-state index is 10.7. The Morgan fingerprint density at radius 3 is 2.60 bits per heavy atom. The first-order chi connectivity index (χ1) is 4.72. The smallest absolute Gasteiger partial charge is 0.158 e. The summed E-state index contributed by atoms with van der Waals surface area (Å²) >= 11 is 0. The minimum atomic E-state index is -0.327. The minimum absolute atomic E-state index is 0.0240. The first-order valence-corrected chi connectivity index (χ1v) is 3.36. The van der Waals surface area contributed by atoms with E-state index in [0.29, 0.717) is 12.8 Å². The van der Waals surface area contributed by atoms with Gasteiger partial charge in [-0.15, -0.1) is 0 Å². The molecular formula is C7H14O3. The molecule has 0 aliphatic carbocycles. The van der Waals surface area contributed by atoms with Crippen LogP contribution in [0.3, 0.4) is 0 Å². The van der Waals surface area contributed by atoms with Crippen molar-refractivity contribution in [3.05, 3.63) is 0 Å². The Bertz CT molecular complexity index is 101. The molecule has 0 aliphatic rings. The zero-order valence-corrected chi connectivity index (χ0v) is 6.46. The highest BCUT2D eigenvalue weighted by molar-refractivity contribution is 5.80. The molecule has 0 saturated carbocycles. The molecule has 0 spiro atoms. The van der Waals surface area contributed by atoms with Gasteiger partial charge in [-0.3, -0.25) is 4.79 Å². The van der Waals surface area contributed by atoms with E-state index in [1.54, 1.807) is 0 Å². The fraction of sp³-hybridized carbons (Fsp3) is 0.857. The molecule has 0 aliphatic heterocycles. The summed E-state index contributed by atoms with van der Waals surface area (Å²) in [5.74, 6) is 0.0240. The highest BCUT2D eigenvalue weighted by Crippen LogP contribution is 2.01. The van der Waals surface area contributed by atoms with Crippen LogP contribution in [0.2, 0.25) is 0 Å². The second-order valence-corrected chi connectivity index (χ2v) is 2.20. The van der Waals surface area contributed by atoms with Gasteiger partial charge in [0.05, 0.1) is 0 Å². The molecule has 0 bridgehead atoms. The van der Waals surface area contributed by atoms with Gasteiger partial charge in [0.15, 0.2) is 5.78 Å². The molecule has 0 saturated heterocycles. The zero-order chi connectivity index (χ0) is 7.98. The van der Waals surface area contributed by atoms with Crippen LogP contribution in [-0.2, 0) is 9.53 Å². The van der Waals surface area contributed by atoms with E-state index < -0.39 is 0 Å². The van der Waals surface area contributed by atoms with E-state index >= 15 is 0 Å². The molecule has 1 atom stereocenters. The van der Waals surface area contributed by atoms with Crippen LogP contribution in [0.5, 0.6) is 0 Å². The summed E-state index contributed by atoms with van der Waals surface area (Å²) in [5.41, 5.74) is 0. The Morgan fingerprint density at radius 1 is 1.70 bits per heavy atom. The van der Waals surface area contributed by atoms with Crippen LogP contribution >= 0.6 is 0 Å². The fourth-order valence-electron chi connectivity index (χ4n) is 0.764. The van der Waals surface area contributed by atoms with Crippen molar-refractivity contribution in [3.63, 3.8) is 0 Å². The third-order valence-electron chi connectivity index (χ3n) is 1.36. The number of Topliss-reactive ketones (excluding diaryl/α,β-unsaturated/α-hetero) is 1. The van der Waals surface area contributed by atoms with Crippen LogP contribution in [0.1, 0.15) is 19.8 Å². The van der Waals surface area contributed by atoms with E-state index in [0.717, 1.165) is 0 Å². The van der Waals surface area contributed by atoms with Crippen LogP contribution < -0.4 is 0 Å². The number of ketones is 1. The maximum atomic E-state index is 10.7. The normalized spacial score (nSPS) is 13.1. The Balaban J connectivity index is 3.50. The number of aliphatic hydroxyl groups is 1. The Labute approximate surface area is 61.0 Å². The lowest BCUT2D eigenvalue weighted by Crippen LogP contribution is -2.20. The molecule has 60 valence electrons. The molecule has 0 radical (unpaired) electrons. The molecule has 0 amide bonds. The Morgan fingerprint density at radius 2 is 2.30 bits per heavy atom. The molecule has 3 nitrogen and oxygen atoms in total. The van der Waals surface area contributed by atoms with Crippen LogP contribution in [0.15, 0.2) is 0 Å². The first-order valence-electron chi connectivity index (χ1n) is 3.36. The average Bonchev–Trinajstić information content (AvgIpc) is 1.89. The molecule has 0 aromatic heterocycles. The van der Waals surface area contributed by atoms with Gasteiger partial charge in [-0.25, -0.2) is 0 Å². The van der Waals surface area contributed by atoms with Crippen molar-refractivity contribution < 1.29 is 14.6 Å². The standard InChI is InChI=1S/C7H14O3/c1-6(9)7(10-2)4-3-5-8/h7-8H,3-5H2,1-2H3. The minimum Gasteiger partial charge on any atom is -0.396 e. The fourth-order valence-corrected chi connectivity index (χ4v) is 0.764. The van der Waals surface area contributed by atoms with E-state index in [2.05, 4.69) is 0 Å². The Hall–Kier alpha value is -0.410. The van der Waals surface area contributed by atoms with Crippen LogP contribution in [0.4, 0.5) is 0 Å². The van der Waals surface area contributed by atoms with Crippen LogP contribution in [-0.4, -0.2) is 30.7 Å². The predicted octanol–water partition coefficient (Wildman–Crippen LogP) is 0.363. The number of hydrogen-bond acceptors (Lipinski definition) is 3. The van der Waals surface area contributed by atoms with E-state index in [4.69, 9.17) is 9.84 Å². The number of rotatable bonds is 5. The van der Waals surface area contributed by atoms with E-state index in [-0.39, 0.29) is 18.5 Å². The molecule has 0 aromatic rings. The van der Waals surface area contributed by atoms with E-state index in [1.165, 1.54) is 14.0 Å². The molecule has 0 rings (SSSR count). The van der Waals surface area contributed by atoms with E-state index in [1.807, 2.05) is 0 Å². The highest BCUT2D eigenvalue weighted by Gasteiger charge is 2.10. The third kappa shape index (κ3) is 3.58. The third-order valence-corrected chi connectivity index (χ3v) is 1.36. The largest absolute Gasteiger partial charge is 0.396 e. The summed E-state index contributed by atoms with van der Waals surface area (Å²) in [7, 11) is 1.50. The molecular weight excluding hydrogens is 132 g/mol. The monoisotopic (exact) mass is 146 g/mol. The van der Waals surface area contributed by atoms with Gasteiger partial charge in [-0.1, -0.05) is 0 Å². The zero-order valence-electron chi connectivity index (χ0n) is 6.46. The topological polar surface area (TPSA) is 46.5 Å². The summed E-state index contributed by atoms with van der Waals surface area (Å²) in [5, 5.41) is 8.43. The second kappa shape index (κ2) is 5.38. The molecule has 0 aromatic carbocycles. The van der Waals surface area contributed by atoms with Gasteiger partial charge < -0.3 is 9.84 Å². The molecule has 1 unspecified atom stereocenters. The lowest BCUT2D eigenvalue weighted by atomic mass is 10.1. The van der Waals surface area contributed by atoms with Crippen molar-refractivity contribution >= 4 is 5.78 Å². The van der Waals surface area contributed by atoms with Gasteiger partial charge in [0.1, 0.15) is 6.10 Å². The molecule has 1 N–H and O–H groups in total. The summed E-state index contributed by atoms with van der Waals surface area (Å²) in [6.45, 7) is 1.61. The average molecular weight is 146 g/mol. The summed E-state index contributed by atoms with van der Waals surface area (Å²) in [6.07, 6.45) is 0.910. The summed E-state index contributed by atoms with van der Waals surface area (Å²) < 4.78 is 4.85. The van der Waals surface area contributed by atoms with Crippen molar-refractivity contribution in [2.45, 2.75) is 25.9 Å². The number of carbonyl (C=O) groups excluding carboxylic acids is 1. The SMILES string of the molecule is COC(CCCO)C(C)=O. The van der Waals surface area contributed by atoms with Crippen LogP contribution in [0, 0.1) is 0 Å². The number of ether oxygens (including phenoxy) is 1. The van der Waals surface area contributed by atoms with Crippen molar-refractivity contribution in [3.8, 4) is 0 Å². The summed E-state index contributed by atoms with van der Waals surface area (Å²) in [6, 6.07) is 0. The quantitative estimate of drug-likeness (QED) is 0.609. The van der Waals surface area contributed by atoms with Gasteiger partial charge >= 0.3 is 0 Å². The lowest BCUT2D eigenvalue weighted by Gasteiger charge is -2.09.